The van der Waals surface area contributed by atoms with Gasteiger partial charge in [0.2, 0.25) is 10.0 Å². The lowest BCUT2D eigenvalue weighted by Gasteiger charge is -2.26. The fraction of sp³-hybridized carbons (Fsp3) is 0.500. The van der Waals surface area contributed by atoms with E-state index in [1.807, 2.05) is 20.8 Å². The van der Waals surface area contributed by atoms with Crippen LogP contribution < -0.4 is 5.73 Å². The standard InChI is InChI=1S/C12H18ClFN2O2S/c1-12(2,3)7-16(4)19(17,18)10-6-8(13)5-9(15)11(10)14/h5-6H,7,15H2,1-4H3. The maximum absolute atomic E-state index is 13.9. The summed E-state index contributed by atoms with van der Waals surface area (Å²) in [7, 11) is -2.55. The summed E-state index contributed by atoms with van der Waals surface area (Å²) < 4.78 is 39.6. The number of sulfonamides is 1. The van der Waals surface area contributed by atoms with Crippen LogP contribution in [0.2, 0.25) is 5.02 Å². The van der Waals surface area contributed by atoms with Crippen molar-refractivity contribution >= 4 is 27.3 Å². The lowest BCUT2D eigenvalue weighted by atomic mass is 9.97. The van der Waals surface area contributed by atoms with E-state index in [2.05, 4.69) is 0 Å². The Morgan fingerprint density at radius 3 is 2.37 bits per heavy atom. The fourth-order valence-electron chi connectivity index (χ4n) is 1.69. The van der Waals surface area contributed by atoms with Crippen molar-refractivity contribution in [3.05, 3.63) is 23.0 Å². The van der Waals surface area contributed by atoms with Crippen molar-refractivity contribution in [2.45, 2.75) is 25.7 Å². The highest BCUT2D eigenvalue weighted by Gasteiger charge is 2.29. The molecule has 0 heterocycles. The third-order valence-electron chi connectivity index (χ3n) is 2.42. The number of halogens is 2. The van der Waals surface area contributed by atoms with Crippen molar-refractivity contribution in [1.82, 2.24) is 4.31 Å². The van der Waals surface area contributed by atoms with Crippen molar-refractivity contribution in [2.75, 3.05) is 19.3 Å². The SMILES string of the molecule is CN(CC(C)(C)C)S(=O)(=O)c1cc(Cl)cc(N)c1F. The van der Waals surface area contributed by atoms with Gasteiger partial charge in [-0.2, -0.15) is 0 Å². The van der Waals surface area contributed by atoms with Crippen LogP contribution in [0.4, 0.5) is 10.1 Å². The topological polar surface area (TPSA) is 63.4 Å². The van der Waals surface area contributed by atoms with Gasteiger partial charge in [0.15, 0.2) is 5.82 Å². The molecular formula is C12H18ClFN2O2S. The Labute approximate surface area is 118 Å². The fourth-order valence-corrected chi connectivity index (χ4v) is 3.50. The number of hydrogen-bond donors (Lipinski definition) is 1. The molecule has 0 radical (unpaired) electrons. The number of anilines is 1. The van der Waals surface area contributed by atoms with Crippen LogP contribution in [0, 0.1) is 11.2 Å². The average molecular weight is 309 g/mol. The van der Waals surface area contributed by atoms with E-state index in [0.29, 0.717) is 0 Å². The van der Waals surface area contributed by atoms with Crippen LogP contribution in [-0.4, -0.2) is 26.3 Å². The van der Waals surface area contributed by atoms with Gasteiger partial charge < -0.3 is 5.73 Å². The molecule has 1 aromatic carbocycles. The Morgan fingerprint density at radius 1 is 1.37 bits per heavy atom. The Morgan fingerprint density at radius 2 is 1.89 bits per heavy atom. The molecule has 0 fully saturated rings. The summed E-state index contributed by atoms with van der Waals surface area (Å²) in [6.07, 6.45) is 0. The van der Waals surface area contributed by atoms with E-state index < -0.39 is 20.7 Å². The summed E-state index contributed by atoms with van der Waals surface area (Å²) in [5, 5.41) is 0.0848. The lowest BCUT2D eigenvalue weighted by Crippen LogP contribution is -2.35. The molecule has 0 saturated heterocycles. The van der Waals surface area contributed by atoms with Crippen LogP contribution in [0.1, 0.15) is 20.8 Å². The molecule has 0 aromatic heterocycles. The molecule has 1 rings (SSSR count). The predicted octanol–water partition coefficient (Wildman–Crippen LogP) is 2.73. The summed E-state index contributed by atoms with van der Waals surface area (Å²) in [5.74, 6) is -0.967. The highest BCUT2D eigenvalue weighted by molar-refractivity contribution is 7.89. The quantitative estimate of drug-likeness (QED) is 0.873. The first kappa shape index (κ1) is 16.2. The van der Waals surface area contributed by atoms with E-state index in [9.17, 15) is 12.8 Å². The molecule has 108 valence electrons. The third-order valence-corrected chi connectivity index (χ3v) is 4.44. The molecular weight excluding hydrogens is 291 g/mol. The molecule has 0 bridgehead atoms. The maximum atomic E-state index is 13.9. The van der Waals surface area contributed by atoms with Gasteiger partial charge >= 0.3 is 0 Å². The van der Waals surface area contributed by atoms with Crippen LogP contribution in [-0.2, 0) is 10.0 Å². The first-order chi connectivity index (χ1) is 8.45. The second-order valence-corrected chi connectivity index (χ2v) is 8.08. The summed E-state index contributed by atoms with van der Waals surface area (Å²) >= 11 is 5.74. The number of rotatable bonds is 3. The Hall–Kier alpha value is -0.850. The number of nitrogens with zero attached hydrogens (tertiary/aromatic N) is 1. The molecule has 2 N–H and O–H groups in total. The van der Waals surface area contributed by atoms with Gasteiger partial charge in [-0.15, -0.1) is 0 Å². The molecule has 0 atom stereocenters. The first-order valence-electron chi connectivity index (χ1n) is 5.66. The monoisotopic (exact) mass is 308 g/mol. The van der Waals surface area contributed by atoms with Crippen LogP contribution in [0.25, 0.3) is 0 Å². The molecule has 0 aliphatic heterocycles. The summed E-state index contributed by atoms with van der Waals surface area (Å²) in [4.78, 5) is -0.496. The smallest absolute Gasteiger partial charge is 0.245 e. The van der Waals surface area contributed by atoms with Crippen LogP contribution in [0.5, 0.6) is 0 Å². The minimum absolute atomic E-state index is 0.0848. The minimum atomic E-state index is -3.95. The van der Waals surface area contributed by atoms with E-state index >= 15 is 0 Å². The highest BCUT2D eigenvalue weighted by atomic mass is 35.5. The van der Waals surface area contributed by atoms with Crippen LogP contribution >= 0.6 is 11.6 Å². The van der Waals surface area contributed by atoms with E-state index in [-0.39, 0.29) is 22.7 Å². The summed E-state index contributed by atoms with van der Waals surface area (Å²) in [6.45, 7) is 5.92. The molecule has 1 aromatic rings. The zero-order chi connectivity index (χ0) is 15.0. The Bertz CT molecular complexity index is 582. The Balaban J connectivity index is 3.28. The van der Waals surface area contributed by atoms with E-state index in [1.54, 1.807) is 0 Å². The second-order valence-electron chi connectivity index (χ2n) is 5.63. The highest BCUT2D eigenvalue weighted by Crippen LogP contribution is 2.28. The van der Waals surface area contributed by atoms with Crippen molar-refractivity contribution < 1.29 is 12.8 Å². The molecule has 0 saturated carbocycles. The van der Waals surface area contributed by atoms with Crippen LogP contribution in [0.3, 0.4) is 0 Å². The molecule has 7 heteroatoms. The van der Waals surface area contributed by atoms with Gasteiger partial charge in [-0.25, -0.2) is 17.1 Å². The average Bonchev–Trinajstić information content (AvgIpc) is 2.20. The van der Waals surface area contributed by atoms with Gasteiger partial charge in [0.05, 0.1) is 5.69 Å². The predicted molar refractivity (Wildman–Crippen MR) is 75.1 cm³/mol. The van der Waals surface area contributed by atoms with Crippen molar-refractivity contribution in [1.29, 1.82) is 0 Å². The molecule has 0 aliphatic carbocycles. The number of nitrogen functional groups attached to an aromatic ring is 1. The zero-order valence-electron chi connectivity index (χ0n) is 11.4. The van der Waals surface area contributed by atoms with Gasteiger partial charge in [0.1, 0.15) is 4.90 Å². The zero-order valence-corrected chi connectivity index (χ0v) is 12.9. The molecule has 0 amide bonds. The number of benzene rings is 1. The van der Waals surface area contributed by atoms with Gasteiger partial charge in [0, 0.05) is 18.6 Å². The van der Waals surface area contributed by atoms with E-state index in [0.717, 1.165) is 10.4 Å². The van der Waals surface area contributed by atoms with Gasteiger partial charge in [-0.3, -0.25) is 0 Å². The largest absolute Gasteiger partial charge is 0.396 e. The minimum Gasteiger partial charge on any atom is -0.396 e. The molecule has 19 heavy (non-hydrogen) atoms. The van der Waals surface area contributed by atoms with Crippen molar-refractivity contribution in [3.8, 4) is 0 Å². The summed E-state index contributed by atoms with van der Waals surface area (Å²) in [6, 6.07) is 2.25. The molecule has 0 aliphatic rings. The van der Waals surface area contributed by atoms with Gasteiger partial charge in [-0.1, -0.05) is 32.4 Å². The molecule has 4 nitrogen and oxygen atoms in total. The van der Waals surface area contributed by atoms with E-state index in [4.69, 9.17) is 17.3 Å². The van der Waals surface area contributed by atoms with E-state index in [1.165, 1.54) is 13.1 Å². The molecule has 0 spiro atoms. The van der Waals surface area contributed by atoms with Crippen molar-refractivity contribution in [3.63, 3.8) is 0 Å². The van der Waals surface area contributed by atoms with Gasteiger partial charge in [-0.05, 0) is 17.5 Å². The number of hydrogen-bond acceptors (Lipinski definition) is 3. The molecule has 0 unspecified atom stereocenters. The maximum Gasteiger partial charge on any atom is 0.245 e. The third kappa shape index (κ3) is 3.81. The van der Waals surface area contributed by atoms with Crippen LogP contribution in [0.15, 0.2) is 17.0 Å². The van der Waals surface area contributed by atoms with Gasteiger partial charge in [0.25, 0.3) is 0 Å². The van der Waals surface area contributed by atoms with Crippen molar-refractivity contribution in [2.24, 2.45) is 5.41 Å². The normalized spacial score (nSPS) is 13.0. The summed E-state index contributed by atoms with van der Waals surface area (Å²) in [5.41, 5.74) is 4.87. The second kappa shape index (κ2) is 5.26. The Kier molecular flexibility index (Phi) is 4.49. The number of nitrogens with two attached hydrogens (primary N) is 1. The first-order valence-corrected chi connectivity index (χ1v) is 7.48. The lowest BCUT2D eigenvalue weighted by molar-refractivity contribution is 0.310.